The minimum atomic E-state index is -2.42. The van der Waals surface area contributed by atoms with E-state index >= 15 is 0 Å². The SMILES string of the molecule is CC(C)(C)c1ccc2cc(OP(O)O)c(C(C)(C)C)cc2c1. The van der Waals surface area contributed by atoms with Gasteiger partial charge in [-0.25, -0.2) is 0 Å². The molecule has 0 saturated carbocycles. The largest absolute Gasteiger partial charge is 0.427 e. The molecule has 2 aromatic rings. The Hall–Kier alpha value is -1.15. The van der Waals surface area contributed by atoms with Crippen molar-refractivity contribution in [1.29, 1.82) is 0 Å². The summed E-state index contributed by atoms with van der Waals surface area (Å²) in [5, 5.41) is 2.18. The molecule has 2 N–H and O–H groups in total. The van der Waals surface area contributed by atoms with Gasteiger partial charge in [0.15, 0.2) is 0 Å². The Morgan fingerprint density at radius 3 is 1.95 bits per heavy atom. The van der Waals surface area contributed by atoms with Crippen LogP contribution in [0.15, 0.2) is 30.3 Å². The third-order valence-electron chi connectivity index (χ3n) is 3.79. The monoisotopic (exact) mass is 320 g/mol. The summed E-state index contributed by atoms with van der Waals surface area (Å²) in [4.78, 5) is 18.4. The van der Waals surface area contributed by atoms with Crippen molar-refractivity contribution < 1.29 is 14.3 Å². The Morgan fingerprint density at radius 2 is 1.45 bits per heavy atom. The van der Waals surface area contributed by atoms with E-state index in [2.05, 4.69) is 65.8 Å². The molecule has 0 amide bonds. The van der Waals surface area contributed by atoms with E-state index < -0.39 is 8.60 Å². The molecule has 0 aliphatic rings. The zero-order chi connectivity index (χ0) is 16.7. The molecular formula is C18H25O3P. The van der Waals surface area contributed by atoms with Crippen molar-refractivity contribution >= 4 is 19.4 Å². The van der Waals surface area contributed by atoms with Gasteiger partial charge in [0.25, 0.3) is 0 Å². The highest BCUT2D eigenvalue weighted by atomic mass is 31.2. The van der Waals surface area contributed by atoms with E-state index in [4.69, 9.17) is 4.52 Å². The predicted molar refractivity (Wildman–Crippen MR) is 93.3 cm³/mol. The minimum Gasteiger partial charge on any atom is -0.427 e. The van der Waals surface area contributed by atoms with Gasteiger partial charge >= 0.3 is 8.60 Å². The average Bonchev–Trinajstić information content (AvgIpc) is 2.34. The van der Waals surface area contributed by atoms with Crippen molar-refractivity contribution in [2.24, 2.45) is 0 Å². The van der Waals surface area contributed by atoms with E-state index in [-0.39, 0.29) is 10.8 Å². The Kier molecular flexibility index (Phi) is 4.54. The third-order valence-corrected chi connectivity index (χ3v) is 4.15. The summed E-state index contributed by atoms with van der Waals surface area (Å²) in [5.41, 5.74) is 2.20. The van der Waals surface area contributed by atoms with Gasteiger partial charge in [-0.05, 0) is 39.3 Å². The Bertz CT molecular complexity index is 679. The third kappa shape index (κ3) is 3.78. The van der Waals surface area contributed by atoms with Crippen LogP contribution in [0.3, 0.4) is 0 Å². The van der Waals surface area contributed by atoms with Gasteiger partial charge in [-0.2, -0.15) is 0 Å². The lowest BCUT2D eigenvalue weighted by Crippen LogP contribution is -2.13. The maximum absolute atomic E-state index is 9.22. The lowest BCUT2D eigenvalue weighted by Gasteiger charge is -2.24. The van der Waals surface area contributed by atoms with Crippen molar-refractivity contribution in [3.63, 3.8) is 0 Å². The van der Waals surface area contributed by atoms with Crippen LogP contribution in [0.25, 0.3) is 10.8 Å². The van der Waals surface area contributed by atoms with E-state index in [9.17, 15) is 9.79 Å². The first-order valence-electron chi connectivity index (χ1n) is 7.43. The van der Waals surface area contributed by atoms with Crippen LogP contribution >= 0.6 is 8.60 Å². The predicted octanol–water partition coefficient (Wildman–Crippen LogP) is 5.03. The number of fused-ring (bicyclic) bond motifs is 1. The molecule has 0 aliphatic heterocycles. The second-order valence-electron chi connectivity index (χ2n) is 7.75. The molecule has 0 spiro atoms. The second-order valence-corrected chi connectivity index (χ2v) is 8.44. The molecule has 0 bridgehead atoms. The first-order valence-corrected chi connectivity index (χ1v) is 8.59. The summed E-state index contributed by atoms with van der Waals surface area (Å²) in [5.74, 6) is 0.541. The summed E-state index contributed by atoms with van der Waals surface area (Å²) in [6.45, 7) is 12.9. The average molecular weight is 320 g/mol. The summed E-state index contributed by atoms with van der Waals surface area (Å²) in [6, 6.07) is 10.4. The van der Waals surface area contributed by atoms with Crippen LogP contribution in [-0.2, 0) is 10.8 Å². The molecule has 2 rings (SSSR count). The molecule has 0 atom stereocenters. The molecule has 3 nitrogen and oxygen atoms in total. The zero-order valence-electron chi connectivity index (χ0n) is 14.1. The molecule has 0 aliphatic carbocycles. The lowest BCUT2D eigenvalue weighted by molar-refractivity contribution is 0.370. The quantitative estimate of drug-likeness (QED) is 0.763. The highest BCUT2D eigenvalue weighted by Gasteiger charge is 2.22. The van der Waals surface area contributed by atoms with Crippen LogP contribution < -0.4 is 4.52 Å². The molecule has 0 radical (unpaired) electrons. The van der Waals surface area contributed by atoms with Crippen LogP contribution in [0.4, 0.5) is 0 Å². The van der Waals surface area contributed by atoms with Gasteiger partial charge in [-0.1, -0.05) is 59.7 Å². The Balaban J connectivity index is 2.67. The fourth-order valence-electron chi connectivity index (χ4n) is 2.49. The fourth-order valence-corrected chi connectivity index (χ4v) is 2.82. The molecule has 0 aromatic heterocycles. The van der Waals surface area contributed by atoms with Crippen molar-refractivity contribution in [2.75, 3.05) is 0 Å². The van der Waals surface area contributed by atoms with Gasteiger partial charge in [0.05, 0.1) is 0 Å². The van der Waals surface area contributed by atoms with E-state index in [1.54, 1.807) is 0 Å². The molecule has 0 unspecified atom stereocenters. The number of benzene rings is 2. The van der Waals surface area contributed by atoms with Crippen molar-refractivity contribution in [3.05, 3.63) is 41.5 Å². The summed E-state index contributed by atoms with van der Waals surface area (Å²) < 4.78 is 5.25. The number of hydrogen-bond donors (Lipinski definition) is 2. The molecule has 2 aromatic carbocycles. The standard InChI is InChI=1S/C18H25O3P/c1-17(2,3)14-8-7-12-11-16(21-22(19)20)15(18(4,5)6)10-13(12)9-14/h7-11,19-20H,1-6H3. The fraction of sp³-hybridized carbons (Fsp3) is 0.444. The first kappa shape index (κ1) is 17.2. The van der Waals surface area contributed by atoms with Crippen LogP contribution in [-0.4, -0.2) is 9.79 Å². The van der Waals surface area contributed by atoms with Crippen molar-refractivity contribution in [1.82, 2.24) is 0 Å². The second kappa shape index (κ2) is 5.81. The van der Waals surface area contributed by atoms with Crippen molar-refractivity contribution in [3.8, 4) is 5.75 Å². The first-order chi connectivity index (χ1) is 9.98. The smallest absolute Gasteiger partial charge is 0.391 e. The Morgan fingerprint density at radius 1 is 0.818 bits per heavy atom. The van der Waals surface area contributed by atoms with E-state index in [0.717, 1.165) is 16.3 Å². The lowest BCUT2D eigenvalue weighted by atomic mass is 9.83. The van der Waals surface area contributed by atoms with E-state index in [1.807, 2.05) is 6.07 Å². The topological polar surface area (TPSA) is 49.7 Å². The van der Waals surface area contributed by atoms with Gasteiger partial charge in [0.2, 0.25) is 0 Å². The molecule has 0 fully saturated rings. The van der Waals surface area contributed by atoms with Gasteiger partial charge in [-0.15, -0.1) is 0 Å². The number of rotatable bonds is 2. The van der Waals surface area contributed by atoms with E-state index in [1.165, 1.54) is 5.56 Å². The highest BCUT2D eigenvalue weighted by Crippen LogP contribution is 2.40. The highest BCUT2D eigenvalue weighted by molar-refractivity contribution is 7.39. The zero-order valence-corrected chi connectivity index (χ0v) is 15.0. The Labute approximate surface area is 133 Å². The van der Waals surface area contributed by atoms with Gasteiger partial charge in [-0.3, -0.25) is 0 Å². The van der Waals surface area contributed by atoms with Crippen LogP contribution in [0, 0.1) is 0 Å². The van der Waals surface area contributed by atoms with Crippen LogP contribution in [0.1, 0.15) is 52.7 Å². The molecule has 120 valence electrons. The van der Waals surface area contributed by atoms with Gasteiger partial charge in [0.1, 0.15) is 5.75 Å². The molecule has 0 saturated heterocycles. The van der Waals surface area contributed by atoms with Crippen LogP contribution in [0.5, 0.6) is 5.75 Å². The van der Waals surface area contributed by atoms with Gasteiger partial charge < -0.3 is 14.3 Å². The van der Waals surface area contributed by atoms with Crippen molar-refractivity contribution in [2.45, 2.75) is 52.4 Å². The van der Waals surface area contributed by atoms with E-state index in [0.29, 0.717) is 5.75 Å². The number of hydrogen-bond acceptors (Lipinski definition) is 3. The summed E-state index contributed by atoms with van der Waals surface area (Å²) in [6.07, 6.45) is 0. The maximum atomic E-state index is 9.22. The molecule has 0 heterocycles. The van der Waals surface area contributed by atoms with Crippen LogP contribution in [0.2, 0.25) is 0 Å². The summed E-state index contributed by atoms with van der Waals surface area (Å²) in [7, 11) is -2.42. The minimum absolute atomic E-state index is 0.0930. The molecule has 22 heavy (non-hydrogen) atoms. The van der Waals surface area contributed by atoms with Gasteiger partial charge in [0, 0.05) is 5.56 Å². The summed E-state index contributed by atoms with van der Waals surface area (Å²) >= 11 is 0. The maximum Gasteiger partial charge on any atom is 0.391 e. The molecular weight excluding hydrogens is 295 g/mol. The normalized spacial score (nSPS) is 13.0. The molecule has 4 heteroatoms.